The second kappa shape index (κ2) is 7.61. The van der Waals surface area contributed by atoms with Gasteiger partial charge in [0.05, 0.1) is 16.5 Å². The molecule has 0 spiro atoms. The van der Waals surface area contributed by atoms with Gasteiger partial charge in [-0.2, -0.15) is 8.78 Å². The average molecular weight is 331 g/mol. The number of hydrogen-bond donors (Lipinski definition) is 0. The van der Waals surface area contributed by atoms with Gasteiger partial charge in [0.25, 0.3) is 0 Å². The lowest BCUT2D eigenvalue weighted by molar-refractivity contribution is -0.0498. The zero-order valence-electron chi connectivity index (χ0n) is 11.4. The van der Waals surface area contributed by atoms with Crippen molar-refractivity contribution >= 4 is 22.1 Å². The quantitative estimate of drug-likeness (QED) is 0.775. The molecule has 0 aliphatic carbocycles. The summed E-state index contributed by atoms with van der Waals surface area (Å²) in [5, 5.41) is 2.96. The molecule has 1 atom stereocenters. The number of rotatable bonds is 7. The molecule has 1 aromatic carbocycles. The lowest BCUT2D eigenvalue weighted by Crippen LogP contribution is -2.03. The van der Waals surface area contributed by atoms with Crippen molar-refractivity contribution in [3.63, 3.8) is 0 Å². The summed E-state index contributed by atoms with van der Waals surface area (Å²) in [6.45, 7) is -0.801. The molecule has 2 aromatic rings. The van der Waals surface area contributed by atoms with Gasteiger partial charge in [0.1, 0.15) is 5.75 Å². The van der Waals surface area contributed by atoms with Crippen LogP contribution in [0.25, 0.3) is 0 Å². The average Bonchev–Trinajstić information content (AvgIpc) is 2.88. The summed E-state index contributed by atoms with van der Waals surface area (Å²) in [6.07, 6.45) is 0.878. The molecule has 1 heterocycles. The lowest BCUT2D eigenvalue weighted by Gasteiger charge is -2.05. The number of alkyl halides is 2. The van der Waals surface area contributed by atoms with Gasteiger partial charge in [-0.15, -0.1) is 11.3 Å². The second-order valence-corrected chi connectivity index (χ2v) is 6.74. The Bertz CT molecular complexity index is 599. The molecule has 0 aliphatic rings. The van der Waals surface area contributed by atoms with Crippen LogP contribution in [0.1, 0.15) is 23.2 Å². The number of benzene rings is 1. The highest BCUT2D eigenvalue weighted by Crippen LogP contribution is 2.17. The molecule has 2 rings (SSSR count). The molecule has 0 fully saturated rings. The highest BCUT2D eigenvalue weighted by Gasteiger charge is 2.08. The molecular weight excluding hydrogens is 316 g/mol. The second-order valence-electron chi connectivity index (χ2n) is 4.34. The number of nitrogens with zero attached hydrogens (tertiary/aromatic N) is 1. The molecule has 3 nitrogen and oxygen atoms in total. The van der Waals surface area contributed by atoms with E-state index in [4.69, 9.17) is 0 Å². The van der Waals surface area contributed by atoms with Gasteiger partial charge >= 0.3 is 6.61 Å². The zero-order valence-corrected chi connectivity index (χ0v) is 13.1. The molecule has 0 unspecified atom stereocenters. The van der Waals surface area contributed by atoms with E-state index in [0.29, 0.717) is 11.5 Å². The molecule has 7 heteroatoms. The van der Waals surface area contributed by atoms with Crippen LogP contribution in [-0.4, -0.2) is 15.8 Å². The molecule has 0 amide bonds. The van der Waals surface area contributed by atoms with E-state index in [1.807, 2.05) is 12.3 Å². The Morgan fingerprint density at radius 1 is 1.29 bits per heavy atom. The summed E-state index contributed by atoms with van der Waals surface area (Å²) in [5.41, 5.74) is 1.66. The highest BCUT2D eigenvalue weighted by molar-refractivity contribution is 7.83. The van der Waals surface area contributed by atoms with Crippen molar-refractivity contribution in [2.45, 2.75) is 31.5 Å². The zero-order chi connectivity index (χ0) is 15.2. The van der Waals surface area contributed by atoms with Gasteiger partial charge in [0.2, 0.25) is 0 Å². The van der Waals surface area contributed by atoms with Crippen LogP contribution in [-0.2, 0) is 28.7 Å². The molecule has 0 saturated heterocycles. The van der Waals surface area contributed by atoms with Crippen molar-refractivity contribution in [2.75, 3.05) is 0 Å². The van der Waals surface area contributed by atoms with Gasteiger partial charge in [-0.05, 0) is 24.1 Å². The molecule has 0 saturated carbocycles. The van der Waals surface area contributed by atoms with E-state index in [2.05, 4.69) is 9.72 Å². The first-order chi connectivity index (χ1) is 10.1. The standard InChI is InChI=1S/C14H15F2NO2S2/c1-2-13-17-11(7-20-13)9-21(18)8-10-3-5-12(6-4-10)19-14(15)16/h3-7,14H,2,8-9H2,1H3/t21-/m0/s1. The summed E-state index contributed by atoms with van der Waals surface area (Å²) in [4.78, 5) is 4.38. The predicted octanol–water partition coefficient (Wildman–Crippen LogP) is 3.76. The Labute approximate surface area is 128 Å². The number of ether oxygens (including phenoxy) is 1. The maximum Gasteiger partial charge on any atom is 0.387 e. The summed E-state index contributed by atoms with van der Waals surface area (Å²) >= 11 is 1.57. The van der Waals surface area contributed by atoms with E-state index in [1.54, 1.807) is 23.5 Å². The maximum atomic E-state index is 12.1. The van der Waals surface area contributed by atoms with Crippen molar-refractivity contribution in [3.05, 3.63) is 45.9 Å². The normalized spacial score (nSPS) is 12.6. The molecule has 21 heavy (non-hydrogen) atoms. The monoisotopic (exact) mass is 331 g/mol. The Kier molecular flexibility index (Phi) is 5.81. The van der Waals surface area contributed by atoms with E-state index in [-0.39, 0.29) is 5.75 Å². The summed E-state index contributed by atoms with van der Waals surface area (Å²) in [5.74, 6) is 0.881. The van der Waals surface area contributed by atoms with Crippen molar-refractivity contribution in [3.8, 4) is 5.75 Å². The third kappa shape index (κ3) is 5.17. The number of halogens is 2. The Morgan fingerprint density at radius 3 is 2.57 bits per heavy atom. The Balaban J connectivity index is 1.90. The lowest BCUT2D eigenvalue weighted by atomic mass is 10.2. The molecule has 0 aliphatic heterocycles. The molecule has 1 aromatic heterocycles. The predicted molar refractivity (Wildman–Crippen MR) is 80.1 cm³/mol. The van der Waals surface area contributed by atoms with Crippen LogP contribution in [0.15, 0.2) is 29.6 Å². The topological polar surface area (TPSA) is 39.2 Å². The van der Waals surface area contributed by atoms with Crippen LogP contribution in [0.4, 0.5) is 8.78 Å². The fraction of sp³-hybridized carbons (Fsp3) is 0.357. The van der Waals surface area contributed by atoms with E-state index >= 15 is 0 Å². The number of thiazole rings is 1. The number of aryl methyl sites for hydroxylation is 1. The number of aromatic nitrogens is 1. The van der Waals surface area contributed by atoms with Crippen LogP contribution in [0.2, 0.25) is 0 Å². The van der Waals surface area contributed by atoms with Crippen molar-refractivity contribution in [1.82, 2.24) is 4.98 Å². The summed E-state index contributed by atoms with van der Waals surface area (Å²) < 4.78 is 40.4. The minimum Gasteiger partial charge on any atom is -0.435 e. The van der Waals surface area contributed by atoms with E-state index < -0.39 is 17.4 Å². The van der Waals surface area contributed by atoms with Gasteiger partial charge in [-0.25, -0.2) is 4.98 Å². The SMILES string of the molecule is CCc1nc(C[S@@](=O)Cc2ccc(OC(F)F)cc2)cs1. The maximum absolute atomic E-state index is 12.1. The van der Waals surface area contributed by atoms with Crippen molar-refractivity contribution in [2.24, 2.45) is 0 Å². The van der Waals surface area contributed by atoms with Crippen LogP contribution >= 0.6 is 11.3 Å². The van der Waals surface area contributed by atoms with Gasteiger partial charge < -0.3 is 4.74 Å². The van der Waals surface area contributed by atoms with Crippen LogP contribution in [0, 0.1) is 0 Å². The number of hydrogen-bond acceptors (Lipinski definition) is 4. The molecule has 0 N–H and O–H groups in total. The third-order valence-corrected chi connectivity index (χ3v) is 5.00. The van der Waals surface area contributed by atoms with Gasteiger partial charge in [-0.1, -0.05) is 19.1 Å². The smallest absolute Gasteiger partial charge is 0.387 e. The van der Waals surface area contributed by atoms with Crippen LogP contribution < -0.4 is 4.74 Å². The molecule has 0 bridgehead atoms. The third-order valence-electron chi connectivity index (χ3n) is 2.69. The molecular formula is C14H15F2NO2S2. The Morgan fingerprint density at radius 2 is 2.00 bits per heavy atom. The summed E-state index contributed by atoms with van der Waals surface area (Å²) in [6, 6.07) is 6.20. The largest absolute Gasteiger partial charge is 0.435 e. The van der Waals surface area contributed by atoms with Crippen molar-refractivity contribution in [1.29, 1.82) is 0 Å². The fourth-order valence-electron chi connectivity index (χ4n) is 1.75. The first kappa shape index (κ1) is 16.0. The van der Waals surface area contributed by atoms with Gasteiger partial charge in [0.15, 0.2) is 0 Å². The molecule has 0 radical (unpaired) electrons. The van der Waals surface area contributed by atoms with E-state index in [1.165, 1.54) is 12.1 Å². The van der Waals surface area contributed by atoms with Gasteiger partial charge in [-0.3, -0.25) is 4.21 Å². The van der Waals surface area contributed by atoms with E-state index in [9.17, 15) is 13.0 Å². The Hall–Kier alpha value is -1.34. The molecule has 114 valence electrons. The van der Waals surface area contributed by atoms with Crippen LogP contribution in [0.3, 0.4) is 0 Å². The fourth-order valence-corrected chi connectivity index (χ4v) is 3.74. The summed E-state index contributed by atoms with van der Waals surface area (Å²) in [7, 11) is -1.07. The van der Waals surface area contributed by atoms with E-state index in [0.717, 1.165) is 22.7 Å². The van der Waals surface area contributed by atoms with Crippen molar-refractivity contribution < 1.29 is 17.7 Å². The first-order valence-electron chi connectivity index (χ1n) is 6.39. The minimum atomic E-state index is -2.83. The minimum absolute atomic E-state index is 0.103. The van der Waals surface area contributed by atoms with Crippen LogP contribution in [0.5, 0.6) is 5.75 Å². The van der Waals surface area contributed by atoms with Gasteiger partial charge in [0, 0.05) is 21.9 Å². The first-order valence-corrected chi connectivity index (χ1v) is 8.75. The highest BCUT2D eigenvalue weighted by atomic mass is 32.2.